The molecule has 11 rings (SSSR count). The maximum Gasteiger partial charge on any atom is 0.138 e. The number of fused-ring (bicyclic) bond motifs is 7. The van der Waals surface area contributed by atoms with Gasteiger partial charge in [0.25, 0.3) is 0 Å². The molecule has 3 heteroatoms. The summed E-state index contributed by atoms with van der Waals surface area (Å²) >= 11 is 0. The molecule has 0 aliphatic rings. The highest BCUT2D eigenvalue weighted by Gasteiger charge is 2.23. The lowest BCUT2D eigenvalue weighted by atomic mass is 9.93. The Morgan fingerprint density at radius 3 is 1.65 bits per heavy atom. The predicted octanol–water partition coefficient (Wildman–Crippen LogP) is 14.6. The van der Waals surface area contributed by atoms with Crippen molar-refractivity contribution in [2.75, 3.05) is 4.90 Å². The average molecular weight is 703 g/mol. The van der Waals surface area contributed by atoms with Crippen LogP contribution in [-0.4, -0.2) is 4.57 Å². The second-order valence-corrected chi connectivity index (χ2v) is 14.1. The SMILES string of the molecule is c1ccc(N(c2ccccc2)c2ccc(-c3ccc(-n4c5ccccc5c5c(-c6ccc7ccccc7c6)c6c(cc54)oc4ccccc46)cc3)cc2)cc1. The molecule has 2 heterocycles. The lowest BCUT2D eigenvalue weighted by Gasteiger charge is -2.25. The van der Waals surface area contributed by atoms with E-state index in [1.54, 1.807) is 0 Å². The van der Waals surface area contributed by atoms with Crippen LogP contribution in [0.2, 0.25) is 0 Å². The van der Waals surface area contributed by atoms with Gasteiger partial charge in [-0.15, -0.1) is 0 Å². The Morgan fingerprint density at radius 2 is 0.927 bits per heavy atom. The monoisotopic (exact) mass is 702 g/mol. The number of benzene rings is 9. The molecule has 0 saturated heterocycles. The maximum absolute atomic E-state index is 6.64. The van der Waals surface area contributed by atoms with Crippen molar-refractivity contribution in [1.82, 2.24) is 4.57 Å². The Balaban J connectivity index is 1.06. The van der Waals surface area contributed by atoms with Gasteiger partial charge < -0.3 is 13.9 Å². The van der Waals surface area contributed by atoms with Crippen molar-refractivity contribution in [1.29, 1.82) is 0 Å². The quantitative estimate of drug-likeness (QED) is 0.172. The third-order valence-electron chi connectivity index (χ3n) is 11.0. The zero-order valence-electron chi connectivity index (χ0n) is 29.9. The van der Waals surface area contributed by atoms with Crippen molar-refractivity contribution in [2.45, 2.75) is 0 Å². The number of aromatic nitrogens is 1. The van der Waals surface area contributed by atoms with E-state index in [1.807, 2.05) is 6.07 Å². The summed E-state index contributed by atoms with van der Waals surface area (Å²) in [6, 6.07) is 73.7. The Hall–Kier alpha value is -7.36. The molecule has 55 heavy (non-hydrogen) atoms. The van der Waals surface area contributed by atoms with Gasteiger partial charge in [-0.05, 0) is 94.2 Å². The van der Waals surface area contributed by atoms with Gasteiger partial charge in [-0.3, -0.25) is 0 Å². The summed E-state index contributed by atoms with van der Waals surface area (Å²) in [4.78, 5) is 2.29. The van der Waals surface area contributed by atoms with Crippen molar-refractivity contribution in [3.63, 3.8) is 0 Å². The molecule has 0 saturated carbocycles. The second kappa shape index (κ2) is 12.6. The average Bonchev–Trinajstić information content (AvgIpc) is 3.79. The molecule has 0 radical (unpaired) electrons. The third kappa shape index (κ3) is 5.13. The Bertz CT molecular complexity index is 3140. The molecule has 0 spiro atoms. The summed E-state index contributed by atoms with van der Waals surface area (Å²) in [5.41, 5.74) is 13.3. The number of anilines is 3. The molecule has 0 unspecified atom stereocenters. The van der Waals surface area contributed by atoms with Crippen LogP contribution in [-0.2, 0) is 0 Å². The van der Waals surface area contributed by atoms with Crippen LogP contribution >= 0.6 is 0 Å². The zero-order valence-corrected chi connectivity index (χ0v) is 29.9. The summed E-state index contributed by atoms with van der Waals surface area (Å²) in [6.45, 7) is 0. The van der Waals surface area contributed by atoms with Crippen LogP contribution in [0.3, 0.4) is 0 Å². The lowest BCUT2D eigenvalue weighted by Crippen LogP contribution is -2.09. The van der Waals surface area contributed by atoms with Crippen LogP contribution in [0.25, 0.3) is 82.5 Å². The fourth-order valence-electron chi connectivity index (χ4n) is 8.45. The van der Waals surface area contributed by atoms with Gasteiger partial charge in [-0.2, -0.15) is 0 Å². The number of hydrogen-bond acceptors (Lipinski definition) is 2. The van der Waals surface area contributed by atoms with Crippen LogP contribution in [0.4, 0.5) is 17.1 Å². The van der Waals surface area contributed by atoms with Crippen molar-refractivity contribution in [3.05, 3.63) is 206 Å². The van der Waals surface area contributed by atoms with Gasteiger partial charge >= 0.3 is 0 Å². The topological polar surface area (TPSA) is 21.3 Å². The summed E-state index contributed by atoms with van der Waals surface area (Å²) < 4.78 is 9.04. The van der Waals surface area contributed by atoms with Gasteiger partial charge in [0.15, 0.2) is 0 Å². The first kappa shape index (κ1) is 31.2. The highest BCUT2D eigenvalue weighted by molar-refractivity contribution is 6.27. The smallest absolute Gasteiger partial charge is 0.138 e. The second-order valence-electron chi connectivity index (χ2n) is 14.1. The minimum Gasteiger partial charge on any atom is -0.456 e. The molecule has 3 nitrogen and oxygen atoms in total. The molecule has 9 aromatic carbocycles. The van der Waals surface area contributed by atoms with Crippen molar-refractivity contribution >= 4 is 71.6 Å². The fourth-order valence-corrected chi connectivity index (χ4v) is 8.45. The van der Waals surface area contributed by atoms with Crippen LogP contribution in [0, 0.1) is 0 Å². The lowest BCUT2D eigenvalue weighted by molar-refractivity contribution is 0.669. The summed E-state index contributed by atoms with van der Waals surface area (Å²) in [6.07, 6.45) is 0. The standard InChI is InChI=1S/C52H34N2O/c1-3-15-40(16-4-1)53(41-17-5-2-6-18-41)42-29-25-36(26-30-42)37-27-31-43(32-28-37)54-46-21-11-9-19-44(46)51-47(54)34-49-52(45-20-10-12-22-48(45)55-49)50(51)39-24-23-35-13-7-8-14-38(35)33-39/h1-34H. The van der Waals surface area contributed by atoms with E-state index in [0.717, 1.165) is 55.7 Å². The van der Waals surface area contributed by atoms with E-state index in [4.69, 9.17) is 4.42 Å². The number of para-hydroxylation sites is 4. The van der Waals surface area contributed by atoms with Crippen molar-refractivity contribution < 1.29 is 4.42 Å². The number of hydrogen-bond donors (Lipinski definition) is 0. The Labute approximate surface area is 318 Å². The first-order chi connectivity index (χ1) is 27.3. The first-order valence-corrected chi connectivity index (χ1v) is 18.8. The van der Waals surface area contributed by atoms with Crippen molar-refractivity contribution in [2.24, 2.45) is 0 Å². The van der Waals surface area contributed by atoms with Gasteiger partial charge in [-0.25, -0.2) is 0 Å². The number of furan rings is 1. The van der Waals surface area contributed by atoms with Gasteiger partial charge in [0.2, 0.25) is 0 Å². The summed E-state index contributed by atoms with van der Waals surface area (Å²) in [5, 5.41) is 7.18. The minimum atomic E-state index is 0.887. The van der Waals surface area contributed by atoms with E-state index < -0.39 is 0 Å². The Morgan fingerprint density at radius 1 is 0.364 bits per heavy atom. The molecule has 0 atom stereocenters. The molecule has 11 aromatic rings. The Kier molecular flexibility index (Phi) is 7.17. The van der Waals surface area contributed by atoms with E-state index in [1.165, 1.54) is 43.8 Å². The predicted molar refractivity (Wildman–Crippen MR) is 231 cm³/mol. The van der Waals surface area contributed by atoms with Crippen LogP contribution in [0.15, 0.2) is 211 Å². The molecule has 258 valence electrons. The molecule has 0 bridgehead atoms. The maximum atomic E-state index is 6.64. The fraction of sp³-hybridized carbons (Fsp3) is 0. The van der Waals surface area contributed by atoms with Gasteiger partial charge in [-0.1, -0.05) is 133 Å². The highest BCUT2D eigenvalue weighted by Crippen LogP contribution is 2.46. The van der Waals surface area contributed by atoms with Crippen LogP contribution < -0.4 is 4.90 Å². The molecule has 0 aliphatic heterocycles. The van der Waals surface area contributed by atoms with E-state index in [2.05, 4.69) is 210 Å². The number of nitrogens with zero attached hydrogens (tertiary/aromatic N) is 2. The molecule has 0 amide bonds. The third-order valence-corrected chi connectivity index (χ3v) is 11.0. The largest absolute Gasteiger partial charge is 0.456 e. The van der Waals surface area contributed by atoms with Crippen molar-refractivity contribution in [3.8, 4) is 27.9 Å². The van der Waals surface area contributed by atoms with E-state index in [0.29, 0.717) is 0 Å². The van der Waals surface area contributed by atoms with E-state index in [-0.39, 0.29) is 0 Å². The van der Waals surface area contributed by atoms with Gasteiger partial charge in [0.1, 0.15) is 11.2 Å². The first-order valence-electron chi connectivity index (χ1n) is 18.8. The van der Waals surface area contributed by atoms with E-state index >= 15 is 0 Å². The zero-order chi connectivity index (χ0) is 36.3. The molecule has 0 aliphatic carbocycles. The van der Waals surface area contributed by atoms with Gasteiger partial charge in [0.05, 0.1) is 11.0 Å². The molecule has 0 N–H and O–H groups in total. The van der Waals surface area contributed by atoms with E-state index in [9.17, 15) is 0 Å². The van der Waals surface area contributed by atoms with Crippen LogP contribution in [0.5, 0.6) is 0 Å². The van der Waals surface area contributed by atoms with Crippen LogP contribution in [0.1, 0.15) is 0 Å². The highest BCUT2D eigenvalue weighted by atomic mass is 16.3. The molecular weight excluding hydrogens is 669 g/mol. The minimum absolute atomic E-state index is 0.887. The summed E-state index contributed by atoms with van der Waals surface area (Å²) in [7, 11) is 0. The number of rotatable bonds is 6. The van der Waals surface area contributed by atoms with Gasteiger partial charge in [0, 0.05) is 55.9 Å². The normalized spacial score (nSPS) is 11.6. The molecular formula is C52H34N2O. The molecule has 0 fully saturated rings. The summed E-state index contributed by atoms with van der Waals surface area (Å²) in [5.74, 6) is 0. The molecule has 2 aromatic heterocycles.